The molecule has 11 nitrogen and oxygen atoms in total. The molecule has 0 spiro atoms. The third kappa shape index (κ3) is 9.76. The molecule has 11 heteroatoms. The highest BCUT2D eigenvalue weighted by atomic mass is 16.2. The standard InChI is InChI=1S/C43H35N5O.C25H22N4O/c1-29-25-32(23-24-44-29)41-37-28-38-33(26-39(46-38)42(49)45-30(2)31-15-7-3-8-16-31)27-40(37)48(47-41)43(34-17-9-4-10-18-34,35-19-11-5-12-20-35)36-21-13-6-14-22-36;1-15-10-18(8-9-26-15)24-21-13-22-19(11-20(21)14-27-24)12-23(29-22)25(30)28-16(2)17-6-4-3-5-7-17/h3-25,27-28,30H,26H2,1-2H3,(H,45,49);3-11,13,16H,12,14H2,1-2H3,(H,28,30)/t30-;16-/m11/s1. The maximum atomic E-state index is 13.6. The molecular formula is C68H57N9O2. The Balaban J connectivity index is 0.000000177. The minimum Gasteiger partial charge on any atom is -0.344 e. The predicted molar refractivity (Wildman–Crippen MR) is 315 cm³/mol. The Bertz CT molecular complexity index is 3930. The summed E-state index contributed by atoms with van der Waals surface area (Å²) in [5.41, 5.74) is 18.3. The summed E-state index contributed by atoms with van der Waals surface area (Å²) in [5, 5.41) is 12.7. The Morgan fingerprint density at radius 2 is 0.975 bits per heavy atom. The second-order valence-electron chi connectivity index (χ2n) is 20.4. The minimum absolute atomic E-state index is 0.0659. The van der Waals surface area contributed by atoms with Gasteiger partial charge in [0, 0.05) is 58.7 Å². The molecule has 3 aliphatic rings. The average Bonchev–Trinajstić information content (AvgIpc) is 4.37. The van der Waals surface area contributed by atoms with Crippen molar-refractivity contribution in [2.24, 2.45) is 15.0 Å². The monoisotopic (exact) mass is 1030 g/mol. The van der Waals surface area contributed by atoms with Crippen molar-refractivity contribution in [3.05, 3.63) is 280 Å². The first-order valence-electron chi connectivity index (χ1n) is 26.8. The molecule has 3 aromatic heterocycles. The lowest BCUT2D eigenvalue weighted by molar-refractivity contribution is -0.116. The first-order chi connectivity index (χ1) is 38.6. The summed E-state index contributed by atoms with van der Waals surface area (Å²) in [7, 11) is 0. The summed E-state index contributed by atoms with van der Waals surface area (Å²) in [5.74, 6) is -0.267. The lowest BCUT2D eigenvalue weighted by atomic mass is 9.77. The van der Waals surface area contributed by atoms with E-state index in [0.29, 0.717) is 30.8 Å². The van der Waals surface area contributed by atoms with Gasteiger partial charge in [-0.1, -0.05) is 158 Å². The molecule has 79 heavy (non-hydrogen) atoms. The molecule has 13 rings (SSSR count). The van der Waals surface area contributed by atoms with Crippen molar-refractivity contribution in [1.29, 1.82) is 0 Å². The highest BCUT2D eigenvalue weighted by Crippen LogP contribution is 2.46. The van der Waals surface area contributed by atoms with Crippen LogP contribution >= 0.6 is 0 Å². The predicted octanol–water partition coefficient (Wildman–Crippen LogP) is 13.0. The van der Waals surface area contributed by atoms with Crippen molar-refractivity contribution < 1.29 is 9.59 Å². The van der Waals surface area contributed by atoms with Crippen molar-refractivity contribution in [2.45, 2.75) is 64.7 Å². The van der Waals surface area contributed by atoms with Crippen molar-refractivity contribution in [3.63, 3.8) is 0 Å². The Morgan fingerprint density at radius 3 is 1.48 bits per heavy atom. The fourth-order valence-corrected chi connectivity index (χ4v) is 11.2. The van der Waals surface area contributed by atoms with Gasteiger partial charge in [-0.3, -0.25) is 24.5 Å². The number of fused-ring (bicyclic) bond motifs is 4. The number of carbonyl (C=O) groups excluding carboxylic acids is 2. The second kappa shape index (κ2) is 21.4. The number of aliphatic imine (C=N–C) groups is 3. The first kappa shape index (κ1) is 50.1. The molecule has 0 bridgehead atoms. The summed E-state index contributed by atoms with van der Waals surface area (Å²) in [6.45, 7) is 8.62. The zero-order valence-electron chi connectivity index (χ0n) is 44.4. The normalized spacial score (nSPS) is 13.9. The Kier molecular flexibility index (Phi) is 13.5. The van der Waals surface area contributed by atoms with Gasteiger partial charge in [0.15, 0.2) is 0 Å². The third-order valence-electron chi connectivity index (χ3n) is 15.1. The van der Waals surface area contributed by atoms with Crippen LogP contribution in [0.4, 0.5) is 11.4 Å². The van der Waals surface area contributed by atoms with E-state index in [4.69, 9.17) is 15.1 Å². The molecule has 2 amide bonds. The summed E-state index contributed by atoms with van der Waals surface area (Å²) in [6, 6.07) is 68.1. The number of hydrogen-bond donors (Lipinski definition) is 2. The first-order valence-corrected chi connectivity index (χ1v) is 26.8. The van der Waals surface area contributed by atoms with E-state index < -0.39 is 5.54 Å². The summed E-state index contributed by atoms with van der Waals surface area (Å²) >= 11 is 0. The van der Waals surface area contributed by atoms with Gasteiger partial charge in [0.25, 0.3) is 11.8 Å². The number of nitrogens with one attached hydrogen (secondary N) is 2. The summed E-state index contributed by atoms with van der Waals surface area (Å²) in [4.78, 5) is 49.4. The van der Waals surface area contributed by atoms with Crippen molar-refractivity contribution >= 4 is 51.2 Å². The van der Waals surface area contributed by atoms with Crippen LogP contribution in [0.3, 0.4) is 0 Å². The number of benzene rings is 7. The maximum Gasteiger partial charge on any atom is 0.266 e. The highest BCUT2D eigenvalue weighted by Gasteiger charge is 2.41. The molecule has 6 heterocycles. The molecule has 0 radical (unpaired) electrons. The number of carbonyl (C=O) groups is 2. The van der Waals surface area contributed by atoms with E-state index in [1.165, 1.54) is 5.56 Å². The molecule has 0 fully saturated rings. The van der Waals surface area contributed by atoms with Crippen molar-refractivity contribution in [1.82, 2.24) is 30.4 Å². The van der Waals surface area contributed by atoms with E-state index >= 15 is 0 Å². The molecule has 3 aliphatic heterocycles. The van der Waals surface area contributed by atoms with E-state index in [0.717, 1.165) is 101 Å². The molecule has 2 N–H and O–H groups in total. The van der Waals surface area contributed by atoms with Crippen LogP contribution in [-0.4, -0.2) is 48.7 Å². The largest absolute Gasteiger partial charge is 0.344 e. The quantitative estimate of drug-likeness (QED) is 0.117. The Labute approximate surface area is 459 Å². The van der Waals surface area contributed by atoms with Crippen molar-refractivity contribution in [2.75, 3.05) is 0 Å². The van der Waals surface area contributed by atoms with Gasteiger partial charge in [0.05, 0.1) is 41.2 Å². The number of hydrogen-bond acceptors (Lipinski definition) is 8. The zero-order chi connectivity index (χ0) is 54.0. The second-order valence-corrected chi connectivity index (χ2v) is 20.4. The van der Waals surface area contributed by atoms with Crippen LogP contribution in [-0.2, 0) is 34.5 Å². The molecule has 2 atom stereocenters. The van der Waals surface area contributed by atoms with Crippen molar-refractivity contribution in [3.8, 4) is 11.3 Å². The average molecular weight is 1030 g/mol. The highest BCUT2D eigenvalue weighted by molar-refractivity contribution is 6.41. The van der Waals surface area contributed by atoms with E-state index in [-0.39, 0.29) is 23.9 Å². The zero-order valence-corrected chi connectivity index (χ0v) is 44.4. The molecule has 0 saturated carbocycles. The topological polar surface area (TPSA) is 139 Å². The van der Waals surface area contributed by atoms with E-state index in [1.807, 2.05) is 137 Å². The van der Waals surface area contributed by atoms with Gasteiger partial charge >= 0.3 is 0 Å². The molecule has 0 saturated heterocycles. The summed E-state index contributed by atoms with van der Waals surface area (Å²) in [6.07, 6.45) is 4.63. The smallest absolute Gasteiger partial charge is 0.266 e. The van der Waals surface area contributed by atoms with Gasteiger partial charge in [-0.05, 0) is 115 Å². The number of pyridine rings is 2. The molecule has 0 unspecified atom stereocenters. The number of amides is 2. The third-order valence-corrected chi connectivity index (χ3v) is 15.1. The lowest BCUT2D eigenvalue weighted by Gasteiger charge is -2.37. The lowest BCUT2D eigenvalue weighted by Crippen LogP contribution is -2.38. The molecule has 7 aromatic carbocycles. The van der Waals surface area contributed by atoms with E-state index in [1.54, 1.807) is 0 Å². The van der Waals surface area contributed by atoms with Crippen LogP contribution in [0.25, 0.3) is 22.2 Å². The van der Waals surface area contributed by atoms with Crippen LogP contribution in [0.15, 0.2) is 228 Å². The van der Waals surface area contributed by atoms with Crippen LogP contribution in [0, 0.1) is 13.8 Å². The van der Waals surface area contributed by atoms with Crippen LogP contribution in [0.1, 0.15) is 93.0 Å². The fraction of sp³-hybridized carbons (Fsp3) is 0.147. The number of rotatable bonds is 12. The maximum absolute atomic E-state index is 13.6. The van der Waals surface area contributed by atoms with Gasteiger partial charge in [-0.2, -0.15) is 5.10 Å². The molecule has 0 aliphatic carbocycles. The van der Waals surface area contributed by atoms with E-state index in [9.17, 15) is 9.59 Å². The minimum atomic E-state index is -0.818. The van der Waals surface area contributed by atoms with E-state index in [2.05, 4.69) is 133 Å². The van der Waals surface area contributed by atoms with Gasteiger partial charge in [-0.25, -0.2) is 14.7 Å². The Hall–Kier alpha value is -9.74. The number of nitrogens with zero attached hydrogens (tertiary/aromatic N) is 7. The van der Waals surface area contributed by atoms with Crippen LogP contribution < -0.4 is 10.6 Å². The molecular weight excluding hydrogens is 975 g/mol. The SMILES string of the molecule is Cc1cc(-c2nn(C(c3ccccc3)(c3ccccc3)c3ccccc3)c3cc4c(cc23)N=C(C(=O)N[C@H](C)c2ccccc2)C4)ccn1.Cc1cc(C2=NCc3cc4c(cc32)N=C(C(=O)N[C@H](C)c2ccccc2)C4)ccn1. The van der Waals surface area contributed by atoms with Crippen LogP contribution in [0.2, 0.25) is 0 Å². The Morgan fingerprint density at radius 1 is 0.519 bits per heavy atom. The number of aromatic nitrogens is 4. The summed E-state index contributed by atoms with van der Waals surface area (Å²) < 4.78 is 2.18. The van der Waals surface area contributed by atoms with Crippen LogP contribution in [0.5, 0.6) is 0 Å². The van der Waals surface area contributed by atoms with Gasteiger partial charge in [0.2, 0.25) is 0 Å². The fourth-order valence-electron chi connectivity index (χ4n) is 11.2. The molecule has 10 aromatic rings. The van der Waals surface area contributed by atoms with Gasteiger partial charge in [0.1, 0.15) is 22.7 Å². The molecule has 386 valence electrons. The van der Waals surface area contributed by atoms with Gasteiger partial charge in [-0.15, -0.1) is 0 Å². The number of aryl methyl sites for hydroxylation is 2. The van der Waals surface area contributed by atoms with Gasteiger partial charge < -0.3 is 10.6 Å².